The fourth-order valence-corrected chi connectivity index (χ4v) is 3.24. The van der Waals surface area contributed by atoms with Gasteiger partial charge in [0.05, 0.1) is 6.61 Å². The molecular weight excluding hydrogens is 260 g/mol. The molecule has 0 aliphatic carbocycles. The minimum absolute atomic E-state index is 0.0191. The first kappa shape index (κ1) is 14.1. The van der Waals surface area contributed by atoms with Gasteiger partial charge >= 0.3 is 0 Å². The van der Waals surface area contributed by atoms with Gasteiger partial charge in [-0.15, -0.1) is 0 Å². The lowest BCUT2D eigenvalue weighted by Crippen LogP contribution is -2.44. The Bertz CT molecular complexity index is 465. The van der Waals surface area contributed by atoms with Crippen LogP contribution in [0.25, 0.3) is 0 Å². The molecule has 4 nitrogen and oxygen atoms in total. The Hall–Kier alpha value is -1.36. The maximum Gasteiger partial charge on any atom is 0.260 e. The van der Waals surface area contributed by atoms with Crippen molar-refractivity contribution in [1.82, 2.24) is 4.90 Å². The van der Waals surface area contributed by atoms with E-state index in [9.17, 15) is 4.79 Å². The highest BCUT2D eigenvalue weighted by molar-refractivity contribution is 7.99. The van der Waals surface area contributed by atoms with Gasteiger partial charge in [-0.3, -0.25) is 4.79 Å². The number of carbonyl (C=O) groups excluding carboxylic acids is 1. The lowest BCUT2D eigenvalue weighted by molar-refractivity contribution is 0.0713. The van der Waals surface area contributed by atoms with Crippen molar-refractivity contribution in [2.45, 2.75) is 19.9 Å². The number of amides is 1. The zero-order chi connectivity index (χ0) is 13.8. The van der Waals surface area contributed by atoms with E-state index in [1.54, 1.807) is 12.1 Å². The molecule has 1 heterocycles. The van der Waals surface area contributed by atoms with Crippen LogP contribution in [-0.4, -0.2) is 41.5 Å². The van der Waals surface area contributed by atoms with E-state index in [0.29, 0.717) is 23.6 Å². The quantitative estimate of drug-likeness (QED) is 0.863. The SMILES string of the molecule is CCOc1cccc(N)c1C(=O)N1CCSCC1C. The molecule has 1 amide bonds. The summed E-state index contributed by atoms with van der Waals surface area (Å²) >= 11 is 1.88. The number of nitrogens with two attached hydrogens (primary N) is 1. The minimum atomic E-state index is -0.0191. The van der Waals surface area contributed by atoms with Gasteiger partial charge in [0.1, 0.15) is 11.3 Å². The third kappa shape index (κ3) is 2.97. The maximum atomic E-state index is 12.7. The van der Waals surface area contributed by atoms with Crippen LogP contribution in [0, 0.1) is 0 Å². The molecular formula is C14H20N2O2S. The Morgan fingerprint density at radius 3 is 3.05 bits per heavy atom. The molecule has 1 aromatic carbocycles. The van der Waals surface area contributed by atoms with E-state index in [-0.39, 0.29) is 11.9 Å². The highest BCUT2D eigenvalue weighted by Crippen LogP contribution is 2.28. The van der Waals surface area contributed by atoms with Crippen molar-refractivity contribution >= 4 is 23.4 Å². The fraction of sp³-hybridized carbons (Fsp3) is 0.500. The van der Waals surface area contributed by atoms with Crippen molar-refractivity contribution in [1.29, 1.82) is 0 Å². The molecule has 0 saturated carbocycles. The summed E-state index contributed by atoms with van der Waals surface area (Å²) in [6.07, 6.45) is 0. The van der Waals surface area contributed by atoms with Gasteiger partial charge < -0.3 is 15.4 Å². The molecule has 1 fully saturated rings. The summed E-state index contributed by atoms with van der Waals surface area (Å²) in [5.41, 5.74) is 6.96. The Kier molecular flexibility index (Phi) is 4.58. The highest BCUT2D eigenvalue weighted by atomic mass is 32.2. The average molecular weight is 280 g/mol. The molecule has 0 radical (unpaired) electrons. The number of nitrogens with zero attached hydrogens (tertiary/aromatic N) is 1. The molecule has 1 saturated heterocycles. The van der Waals surface area contributed by atoms with Crippen molar-refractivity contribution in [2.24, 2.45) is 0 Å². The second kappa shape index (κ2) is 6.19. The normalized spacial score (nSPS) is 19.3. The largest absolute Gasteiger partial charge is 0.493 e. The van der Waals surface area contributed by atoms with Crippen LogP contribution in [0.1, 0.15) is 24.2 Å². The molecule has 0 spiro atoms. The van der Waals surface area contributed by atoms with Gasteiger partial charge in [-0.25, -0.2) is 0 Å². The van der Waals surface area contributed by atoms with Crippen LogP contribution in [-0.2, 0) is 0 Å². The van der Waals surface area contributed by atoms with Crippen molar-refractivity contribution < 1.29 is 9.53 Å². The van der Waals surface area contributed by atoms with Crippen LogP contribution in [0.4, 0.5) is 5.69 Å². The first-order valence-corrected chi connectivity index (χ1v) is 7.70. The molecule has 0 bridgehead atoms. The third-order valence-corrected chi connectivity index (χ3v) is 4.39. The molecule has 1 aliphatic heterocycles. The molecule has 1 aromatic rings. The van der Waals surface area contributed by atoms with E-state index in [1.807, 2.05) is 29.7 Å². The first-order chi connectivity index (χ1) is 9.15. The van der Waals surface area contributed by atoms with Gasteiger partial charge in [-0.1, -0.05) is 6.07 Å². The molecule has 2 N–H and O–H groups in total. The summed E-state index contributed by atoms with van der Waals surface area (Å²) in [4.78, 5) is 14.6. The van der Waals surface area contributed by atoms with E-state index in [1.165, 1.54) is 0 Å². The summed E-state index contributed by atoms with van der Waals surface area (Å²) < 4.78 is 5.53. The van der Waals surface area contributed by atoms with E-state index in [4.69, 9.17) is 10.5 Å². The number of nitrogen functional groups attached to an aromatic ring is 1. The van der Waals surface area contributed by atoms with Crippen LogP contribution in [0.15, 0.2) is 18.2 Å². The van der Waals surface area contributed by atoms with Crippen LogP contribution in [0.3, 0.4) is 0 Å². The number of carbonyl (C=O) groups is 1. The Morgan fingerprint density at radius 1 is 1.58 bits per heavy atom. The van der Waals surface area contributed by atoms with E-state index < -0.39 is 0 Å². The van der Waals surface area contributed by atoms with Crippen LogP contribution >= 0.6 is 11.8 Å². The summed E-state index contributed by atoms with van der Waals surface area (Å²) in [7, 11) is 0. The molecule has 5 heteroatoms. The second-order valence-corrected chi connectivity index (χ2v) is 5.73. The van der Waals surface area contributed by atoms with Crippen LogP contribution in [0.2, 0.25) is 0 Å². The van der Waals surface area contributed by atoms with Crippen LogP contribution < -0.4 is 10.5 Å². The molecule has 1 atom stereocenters. The van der Waals surface area contributed by atoms with Gasteiger partial charge in [0.2, 0.25) is 0 Å². The smallest absolute Gasteiger partial charge is 0.260 e. The van der Waals surface area contributed by atoms with E-state index >= 15 is 0 Å². The van der Waals surface area contributed by atoms with Gasteiger partial charge in [-0.05, 0) is 26.0 Å². The number of benzene rings is 1. The minimum Gasteiger partial charge on any atom is -0.493 e. The summed E-state index contributed by atoms with van der Waals surface area (Å²) in [5, 5.41) is 0. The van der Waals surface area contributed by atoms with Crippen LogP contribution in [0.5, 0.6) is 5.75 Å². The molecule has 1 aliphatic rings. The van der Waals surface area contributed by atoms with E-state index in [2.05, 4.69) is 6.92 Å². The molecule has 104 valence electrons. The molecule has 1 unspecified atom stereocenters. The Balaban J connectivity index is 2.31. The van der Waals surface area contributed by atoms with Crippen molar-refractivity contribution in [3.05, 3.63) is 23.8 Å². The fourth-order valence-electron chi connectivity index (χ4n) is 2.23. The lowest BCUT2D eigenvalue weighted by atomic mass is 10.1. The monoisotopic (exact) mass is 280 g/mol. The van der Waals surface area contributed by atoms with E-state index in [0.717, 1.165) is 18.1 Å². The van der Waals surface area contributed by atoms with Gasteiger partial charge in [0, 0.05) is 29.8 Å². The maximum absolute atomic E-state index is 12.7. The van der Waals surface area contributed by atoms with Crippen molar-refractivity contribution in [2.75, 3.05) is 30.4 Å². The number of anilines is 1. The molecule has 19 heavy (non-hydrogen) atoms. The third-order valence-electron chi connectivity index (χ3n) is 3.20. The zero-order valence-corrected chi connectivity index (χ0v) is 12.2. The van der Waals surface area contributed by atoms with Gasteiger partial charge in [0.25, 0.3) is 5.91 Å². The number of hydrogen-bond donors (Lipinski definition) is 1. The molecule has 0 aromatic heterocycles. The van der Waals surface area contributed by atoms with Gasteiger partial charge in [0.15, 0.2) is 0 Å². The van der Waals surface area contributed by atoms with Crippen molar-refractivity contribution in [3.63, 3.8) is 0 Å². The van der Waals surface area contributed by atoms with Crippen molar-refractivity contribution in [3.8, 4) is 5.75 Å². The average Bonchev–Trinajstić information content (AvgIpc) is 2.39. The highest BCUT2D eigenvalue weighted by Gasteiger charge is 2.28. The van der Waals surface area contributed by atoms with Gasteiger partial charge in [-0.2, -0.15) is 11.8 Å². The number of ether oxygens (including phenoxy) is 1. The Labute approximate surface area is 118 Å². The standard InChI is InChI=1S/C14H20N2O2S/c1-3-18-12-6-4-5-11(15)13(12)14(17)16-7-8-19-9-10(16)2/h4-6,10H,3,7-9,15H2,1-2H3. The number of rotatable bonds is 3. The summed E-state index contributed by atoms with van der Waals surface area (Å²) in [5.74, 6) is 2.52. The number of hydrogen-bond acceptors (Lipinski definition) is 4. The zero-order valence-electron chi connectivity index (χ0n) is 11.4. The topological polar surface area (TPSA) is 55.6 Å². The first-order valence-electron chi connectivity index (χ1n) is 6.55. The Morgan fingerprint density at radius 2 is 2.37 bits per heavy atom. The predicted molar refractivity (Wildman–Crippen MR) is 79.8 cm³/mol. The summed E-state index contributed by atoms with van der Waals surface area (Å²) in [6, 6.07) is 5.60. The molecule has 2 rings (SSSR count). The summed E-state index contributed by atoms with van der Waals surface area (Å²) in [6.45, 7) is 5.26. The predicted octanol–water partition coefficient (Wildman–Crippen LogP) is 2.25. The lowest BCUT2D eigenvalue weighted by Gasteiger charge is -2.33. The second-order valence-electron chi connectivity index (χ2n) is 4.58. The number of thioether (sulfide) groups is 1.